The third kappa shape index (κ3) is 3.32. The van der Waals surface area contributed by atoms with Gasteiger partial charge in [-0.15, -0.1) is 0 Å². The smallest absolute Gasteiger partial charge is 0.211 e. The molecule has 0 aliphatic carbocycles. The lowest BCUT2D eigenvalue weighted by Crippen LogP contribution is -2.45. The zero-order chi connectivity index (χ0) is 14.9. The first-order chi connectivity index (χ1) is 10.0. The summed E-state index contributed by atoms with van der Waals surface area (Å²) in [6.45, 7) is 4.19. The van der Waals surface area contributed by atoms with Gasteiger partial charge in [-0.3, -0.25) is 0 Å². The van der Waals surface area contributed by atoms with Gasteiger partial charge in [0, 0.05) is 32.7 Å². The highest BCUT2D eigenvalue weighted by atomic mass is 32.2. The second-order valence-corrected chi connectivity index (χ2v) is 8.00. The quantitative estimate of drug-likeness (QED) is 0.921. The maximum absolute atomic E-state index is 11.7. The van der Waals surface area contributed by atoms with Gasteiger partial charge in [0.15, 0.2) is 0 Å². The third-order valence-corrected chi connectivity index (χ3v) is 5.64. The van der Waals surface area contributed by atoms with Crippen molar-refractivity contribution >= 4 is 21.4 Å². The lowest BCUT2D eigenvalue weighted by Gasteiger charge is -2.38. The number of benzene rings is 1. The van der Waals surface area contributed by atoms with Gasteiger partial charge in [0.2, 0.25) is 10.0 Å². The summed E-state index contributed by atoms with van der Waals surface area (Å²) in [6, 6.07) is 8.34. The van der Waals surface area contributed by atoms with Crippen molar-refractivity contribution in [2.45, 2.75) is 12.8 Å². The Morgan fingerprint density at radius 3 is 2.90 bits per heavy atom. The maximum atomic E-state index is 11.7. The molecule has 1 fully saturated rings. The number of rotatable bonds is 3. The monoisotopic (exact) mass is 309 g/mol. The number of nitrogens with one attached hydrogen (secondary N) is 1. The van der Waals surface area contributed by atoms with Crippen molar-refractivity contribution in [2.24, 2.45) is 5.92 Å². The minimum atomic E-state index is -3.06. The van der Waals surface area contributed by atoms with Crippen LogP contribution in [0.4, 0.5) is 11.4 Å². The first kappa shape index (κ1) is 14.7. The average molecular weight is 309 g/mol. The van der Waals surface area contributed by atoms with Crippen LogP contribution in [-0.2, 0) is 10.0 Å². The maximum Gasteiger partial charge on any atom is 0.211 e. The van der Waals surface area contributed by atoms with Crippen LogP contribution in [0.1, 0.15) is 12.8 Å². The molecule has 0 bridgehead atoms. The molecule has 0 amide bonds. The van der Waals surface area contributed by atoms with Gasteiger partial charge in [-0.05, 0) is 30.9 Å². The zero-order valence-electron chi connectivity index (χ0n) is 12.5. The van der Waals surface area contributed by atoms with Gasteiger partial charge in [0.05, 0.1) is 17.6 Å². The van der Waals surface area contributed by atoms with E-state index < -0.39 is 10.0 Å². The molecule has 1 aromatic carbocycles. The predicted octanol–water partition coefficient (Wildman–Crippen LogP) is 1.59. The number of para-hydroxylation sites is 2. The normalized spacial score (nSPS) is 23.5. The highest BCUT2D eigenvalue weighted by molar-refractivity contribution is 7.88. The molecule has 1 atom stereocenters. The van der Waals surface area contributed by atoms with Crippen LogP contribution in [-0.4, -0.2) is 51.7 Å². The molecule has 3 rings (SSSR count). The summed E-state index contributed by atoms with van der Waals surface area (Å²) in [5, 5.41) is 3.41. The van der Waals surface area contributed by atoms with Gasteiger partial charge in [-0.25, -0.2) is 12.7 Å². The standard InChI is InChI=1S/C15H23N3O2S/c1-21(19,20)18-9-4-5-13(12-18)11-17-10-8-16-14-6-2-3-7-15(14)17/h2-3,6-7,13,16H,4-5,8-12H2,1H3. The number of nitrogens with zero attached hydrogens (tertiary/aromatic N) is 2. The molecule has 2 aliphatic rings. The van der Waals surface area contributed by atoms with Crippen molar-refractivity contribution in [2.75, 3.05) is 49.2 Å². The summed E-state index contributed by atoms with van der Waals surface area (Å²) >= 11 is 0. The van der Waals surface area contributed by atoms with Crippen molar-refractivity contribution in [3.05, 3.63) is 24.3 Å². The Kier molecular flexibility index (Phi) is 4.08. The topological polar surface area (TPSA) is 52.7 Å². The number of sulfonamides is 1. The molecule has 2 aliphatic heterocycles. The molecule has 0 radical (unpaired) electrons. The van der Waals surface area contributed by atoms with Crippen LogP contribution < -0.4 is 10.2 Å². The lowest BCUT2D eigenvalue weighted by molar-refractivity contribution is 0.269. The molecule has 1 N–H and O–H groups in total. The van der Waals surface area contributed by atoms with Crippen LogP contribution >= 0.6 is 0 Å². The average Bonchev–Trinajstić information content (AvgIpc) is 2.47. The SMILES string of the molecule is CS(=O)(=O)N1CCCC(CN2CCNc3ccccc32)C1. The molecule has 21 heavy (non-hydrogen) atoms. The minimum absolute atomic E-state index is 0.416. The van der Waals surface area contributed by atoms with Crippen LogP contribution in [0.3, 0.4) is 0 Å². The van der Waals surface area contributed by atoms with Crippen molar-refractivity contribution in [3.63, 3.8) is 0 Å². The fraction of sp³-hybridized carbons (Fsp3) is 0.600. The van der Waals surface area contributed by atoms with E-state index in [4.69, 9.17) is 0 Å². The number of hydrogen-bond donors (Lipinski definition) is 1. The number of fused-ring (bicyclic) bond motifs is 1. The molecule has 2 heterocycles. The van der Waals surface area contributed by atoms with E-state index in [1.165, 1.54) is 17.6 Å². The second kappa shape index (κ2) is 5.85. The Balaban J connectivity index is 1.70. The van der Waals surface area contributed by atoms with E-state index in [0.29, 0.717) is 19.0 Å². The first-order valence-corrected chi connectivity index (χ1v) is 9.42. The van der Waals surface area contributed by atoms with Crippen LogP contribution in [0.2, 0.25) is 0 Å². The van der Waals surface area contributed by atoms with Gasteiger partial charge in [-0.1, -0.05) is 12.1 Å². The third-order valence-electron chi connectivity index (χ3n) is 4.37. The molecule has 0 aromatic heterocycles. The zero-order valence-corrected chi connectivity index (χ0v) is 13.3. The van der Waals surface area contributed by atoms with E-state index in [-0.39, 0.29) is 0 Å². The Morgan fingerprint density at radius 1 is 1.29 bits per heavy atom. The highest BCUT2D eigenvalue weighted by Gasteiger charge is 2.28. The molecule has 1 unspecified atom stereocenters. The molecule has 5 nitrogen and oxygen atoms in total. The van der Waals surface area contributed by atoms with E-state index in [0.717, 1.165) is 32.5 Å². The number of piperidine rings is 1. The number of hydrogen-bond acceptors (Lipinski definition) is 4. The summed E-state index contributed by atoms with van der Waals surface area (Å²) in [4.78, 5) is 2.39. The fourth-order valence-corrected chi connectivity index (χ4v) is 4.27. The van der Waals surface area contributed by atoms with E-state index in [1.807, 2.05) is 6.07 Å². The largest absolute Gasteiger partial charge is 0.382 e. The van der Waals surface area contributed by atoms with Crippen molar-refractivity contribution in [1.29, 1.82) is 0 Å². The Morgan fingerprint density at radius 2 is 2.10 bits per heavy atom. The van der Waals surface area contributed by atoms with Crippen LogP contribution in [0, 0.1) is 5.92 Å². The summed E-state index contributed by atoms with van der Waals surface area (Å²) in [6.07, 6.45) is 3.39. The van der Waals surface area contributed by atoms with Crippen molar-refractivity contribution < 1.29 is 8.42 Å². The minimum Gasteiger partial charge on any atom is -0.382 e. The lowest BCUT2D eigenvalue weighted by atomic mass is 9.98. The Hall–Kier alpha value is -1.27. The van der Waals surface area contributed by atoms with Crippen LogP contribution in [0.25, 0.3) is 0 Å². The van der Waals surface area contributed by atoms with Crippen molar-refractivity contribution in [1.82, 2.24) is 4.31 Å². The molecule has 116 valence electrons. The van der Waals surface area contributed by atoms with E-state index in [1.54, 1.807) is 4.31 Å². The van der Waals surface area contributed by atoms with Gasteiger partial charge < -0.3 is 10.2 Å². The molecule has 0 saturated carbocycles. The van der Waals surface area contributed by atoms with Crippen molar-refractivity contribution in [3.8, 4) is 0 Å². The molecular formula is C15H23N3O2S. The summed E-state index contributed by atoms with van der Waals surface area (Å²) < 4.78 is 25.1. The van der Waals surface area contributed by atoms with Gasteiger partial charge in [-0.2, -0.15) is 0 Å². The molecule has 0 spiro atoms. The van der Waals surface area contributed by atoms with Crippen LogP contribution in [0.15, 0.2) is 24.3 Å². The Labute approximate surface area is 127 Å². The molecule has 1 aromatic rings. The van der Waals surface area contributed by atoms with E-state index in [9.17, 15) is 8.42 Å². The van der Waals surface area contributed by atoms with E-state index >= 15 is 0 Å². The second-order valence-electron chi connectivity index (χ2n) is 6.02. The fourth-order valence-electron chi connectivity index (χ4n) is 3.32. The number of anilines is 2. The summed E-state index contributed by atoms with van der Waals surface area (Å²) in [5.74, 6) is 0.416. The van der Waals surface area contributed by atoms with Gasteiger partial charge >= 0.3 is 0 Å². The summed E-state index contributed by atoms with van der Waals surface area (Å²) in [7, 11) is -3.06. The summed E-state index contributed by atoms with van der Waals surface area (Å²) in [5.41, 5.74) is 2.42. The van der Waals surface area contributed by atoms with Gasteiger partial charge in [0.25, 0.3) is 0 Å². The van der Waals surface area contributed by atoms with Crippen LogP contribution in [0.5, 0.6) is 0 Å². The molecule has 6 heteroatoms. The molecule has 1 saturated heterocycles. The molecular weight excluding hydrogens is 286 g/mol. The first-order valence-electron chi connectivity index (χ1n) is 7.57. The Bertz CT molecular complexity index is 603. The predicted molar refractivity (Wildman–Crippen MR) is 86.3 cm³/mol. The highest BCUT2D eigenvalue weighted by Crippen LogP contribution is 2.30. The van der Waals surface area contributed by atoms with E-state index in [2.05, 4.69) is 28.4 Å². The van der Waals surface area contributed by atoms with Gasteiger partial charge in [0.1, 0.15) is 0 Å².